The van der Waals surface area contributed by atoms with Crippen LogP contribution in [0.25, 0.3) is 0 Å². The van der Waals surface area contributed by atoms with Crippen LogP contribution in [0.2, 0.25) is 0 Å². The third kappa shape index (κ3) is 3.20. The minimum absolute atomic E-state index is 0.210. The number of carbonyl (C=O) groups excluding carboxylic acids is 1. The van der Waals surface area contributed by atoms with E-state index in [2.05, 4.69) is 16.4 Å². The Hall–Kier alpha value is -3.66. The molecular formula is C23H21FN4O2. The van der Waals surface area contributed by atoms with Crippen LogP contribution in [0.3, 0.4) is 0 Å². The molecule has 0 saturated heterocycles. The van der Waals surface area contributed by atoms with E-state index in [4.69, 9.17) is 4.74 Å². The van der Waals surface area contributed by atoms with E-state index in [-0.39, 0.29) is 11.7 Å². The van der Waals surface area contributed by atoms with Crippen LogP contribution < -0.4 is 10.1 Å². The number of nitrogens with zero attached hydrogens (tertiary/aromatic N) is 3. The average Bonchev–Trinajstić information content (AvgIpc) is 3.38. The van der Waals surface area contributed by atoms with Gasteiger partial charge in [0.25, 0.3) is 5.91 Å². The summed E-state index contributed by atoms with van der Waals surface area (Å²) in [4.78, 5) is 17.8. The van der Waals surface area contributed by atoms with Gasteiger partial charge in [0.05, 0.1) is 25.1 Å². The number of benzene rings is 2. The van der Waals surface area contributed by atoms with Gasteiger partial charge in [-0.3, -0.25) is 4.79 Å². The number of imidazole rings is 1. The van der Waals surface area contributed by atoms with Crippen molar-refractivity contribution in [3.63, 3.8) is 0 Å². The van der Waals surface area contributed by atoms with Crippen molar-refractivity contribution in [1.29, 1.82) is 5.26 Å². The molecule has 0 spiro atoms. The van der Waals surface area contributed by atoms with Crippen LogP contribution in [0, 0.1) is 17.1 Å². The Kier molecular flexibility index (Phi) is 5.23. The van der Waals surface area contributed by atoms with Crippen LogP contribution in [-0.4, -0.2) is 29.1 Å². The molecule has 30 heavy (non-hydrogen) atoms. The first kappa shape index (κ1) is 19.6. The number of nitriles is 1. The van der Waals surface area contributed by atoms with Gasteiger partial charge in [-0.1, -0.05) is 24.3 Å². The highest BCUT2D eigenvalue weighted by molar-refractivity contribution is 5.89. The maximum atomic E-state index is 13.9. The zero-order chi connectivity index (χ0) is 21.1. The van der Waals surface area contributed by atoms with Crippen LogP contribution in [0.1, 0.15) is 28.8 Å². The Balaban J connectivity index is 1.68. The van der Waals surface area contributed by atoms with Crippen molar-refractivity contribution in [3.8, 4) is 11.8 Å². The van der Waals surface area contributed by atoms with Crippen LogP contribution in [-0.2, 0) is 23.2 Å². The fraction of sp³-hybridized carbons (Fsp3) is 0.261. The molecule has 0 bridgehead atoms. The lowest BCUT2D eigenvalue weighted by molar-refractivity contribution is -0.127. The standard InChI is InChI=1S/C23H21FN4O2/c1-30-21-12-16(13-25)6-7-19(21)23(10-8-18-14-26-15-28(18)23)22(29)27-11-9-17-4-2-3-5-20(17)24/h2-7,12,14-15H,8-11H2,1H3,(H,27,29). The zero-order valence-corrected chi connectivity index (χ0v) is 16.6. The quantitative estimate of drug-likeness (QED) is 0.685. The van der Waals surface area contributed by atoms with E-state index in [0.29, 0.717) is 48.2 Å². The van der Waals surface area contributed by atoms with Crippen molar-refractivity contribution in [2.24, 2.45) is 0 Å². The van der Waals surface area contributed by atoms with Crippen LogP contribution in [0.15, 0.2) is 55.0 Å². The normalized spacial score (nSPS) is 17.2. The number of fused-ring (bicyclic) bond motifs is 1. The molecule has 1 aromatic heterocycles. The molecule has 6 nitrogen and oxygen atoms in total. The molecule has 7 heteroatoms. The molecule has 152 valence electrons. The second kappa shape index (κ2) is 7.99. The van der Waals surface area contributed by atoms with Crippen molar-refractivity contribution < 1.29 is 13.9 Å². The van der Waals surface area contributed by atoms with Gasteiger partial charge >= 0.3 is 0 Å². The van der Waals surface area contributed by atoms with E-state index in [9.17, 15) is 14.4 Å². The molecule has 1 atom stereocenters. The lowest BCUT2D eigenvalue weighted by Crippen LogP contribution is -2.48. The highest BCUT2D eigenvalue weighted by Crippen LogP contribution is 2.42. The van der Waals surface area contributed by atoms with Gasteiger partial charge in [0.1, 0.15) is 11.6 Å². The number of nitrogens with one attached hydrogen (secondary N) is 1. The molecule has 0 saturated carbocycles. The summed E-state index contributed by atoms with van der Waals surface area (Å²) in [5.41, 5.74) is 1.59. The molecule has 1 aliphatic rings. The Morgan fingerprint density at radius 3 is 2.97 bits per heavy atom. The highest BCUT2D eigenvalue weighted by Gasteiger charge is 2.48. The predicted molar refractivity (Wildman–Crippen MR) is 108 cm³/mol. The number of hydrogen-bond donors (Lipinski definition) is 1. The first-order valence-electron chi connectivity index (χ1n) is 9.72. The number of methoxy groups -OCH3 is 1. The van der Waals surface area contributed by atoms with Gasteiger partial charge in [0.2, 0.25) is 0 Å². The molecule has 1 amide bonds. The summed E-state index contributed by atoms with van der Waals surface area (Å²) >= 11 is 0. The molecule has 1 N–H and O–H groups in total. The Morgan fingerprint density at radius 2 is 2.20 bits per heavy atom. The van der Waals surface area contributed by atoms with E-state index < -0.39 is 5.54 Å². The second-order valence-electron chi connectivity index (χ2n) is 7.24. The Morgan fingerprint density at radius 1 is 1.37 bits per heavy atom. The first-order valence-corrected chi connectivity index (χ1v) is 9.72. The summed E-state index contributed by atoms with van der Waals surface area (Å²) in [6.07, 6.45) is 5.01. The number of rotatable bonds is 6. The van der Waals surface area contributed by atoms with Gasteiger partial charge < -0.3 is 14.6 Å². The first-order chi connectivity index (χ1) is 14.6. The smallest absolute Gasteiger partial charge is 0.251 e. The van der Waals surface area contributed by atoms with Crippen molar-refractivity contribution in [1.82, 2.24) is 14.9 Å². The van der Waals surface area contributed by atoms with E-state index >= 15 is 0 Å². The molecule has 2 aromatic carbocycles. The molecule has 3 aromatic rings. The second-order valence-corrected chi connectivity index (χ2v) is 7.24. The van der Waals surface area contributed by atoms with Gasteiger partial charge in [0.15, 0.2) is 5.54 Å². The maximum Gasteiger partial charge on any atom is 0.251 e. The van der Waals surface area contributed by atoms with E-state index in [1.165, 1.54) is 13.2 Å². The molecular weight excluding hydrogens is 383 g/mol. The number of aromatic nitrogens is 2. The fourth-order valence-electron chi connectivity index (χ4n) is 4.15. The van der Waals surface area contributed by atoms with Gasteiger partial charge in [0, 0.05) is 24.0 Å². The van der Waals surface area contributed by atoms with Crippen molar-refractivity contribution in [2.75, 3.05) is 13.7 Å². The van der Waals surface area contributed by atoms with E-state index in [0.717, 1.165) is 5.69 Å². The highest BCUT2D eigenvalue weighted by atomic mass is 19.1. The zero-order valence-electron chi connectivity index (χ0n) is 16.6. The SMILES string of the molecule is COc1cc(C#N)ccc1C1(C(=O)NCCc2ccccc2F)CCc2cncn21. The molecule has 0 radical (unpaired) electrons. The van der Waals surface area contributed by atoms with Gasteiger partial charge in [-0.25, -0.2) is 9.37 Å². The molecule has 4 rings (SSSR count). The topological polar surface area (TPSA) is 79.9 Å². The number of hydrogen-bond acceptors (Lipinski definition) is 4. The fourth-order valence-corrected chi connectivity index (χ4v) is 4.15. The van der Waals surface area contributed by atoms with Crippen molar-refractivity contribution in [3.05, 3.63) is 83.2 Å². The number of ether oxygens (including phenoxy) is 1. The summed E-state index contributed by atoms with van der Waals surface area (Å²) in [5, 5.41) is 12.2. The van der Waals surface area contributed by atoms with Crippen LogP contribution >= 0.6 is 0 Å². The van der Waals surface area contributed by atoms with Gasteiger partial charge in [-0.2, -0.15) is 5.26 Å². The summed E-state index contributed by atoms with van der Waals surface area (Å²) in [6.45, 7) is 0.296. The van der Waals surface area contributed by atoms with E-state index in [1.807, 2.05) is 4.57 Å². The average molecular weight is 404 g/mol. The monoisotopic (exact) mass is 404 g/mol. The van der Waals surface area contributed by atoms with Crippen LogP contribution in [0.4, 0.5) is 4.39 Å². The van der Waals surface area contributed by atoms with Gasteiger partial charge in [-0.05, 0) is 43.0 Å². The molecule has 1 unspecified atom stereocenters. The molecule has 2 heterocycles. The molecule has 1 aliphatic heterocycles. The largest absolute Gasteiger partial charge is 0.496 e. The third-order valence-corrected chi connectivity index (χ3v) is 5.66. The molecule has 0 fully saturated rings. The minimum Gasteiger partial charge on any atom is -0.496 e. The number of halogens is 1. The Bertz CT molecular complexity index is 1130. The minimum atomic E-state index is -1.04. The lowest BCUT2D eigenvalue weighted by atomic mass is 9.85. The van der Waals surface area contributed by atoms with E-state index in [1.54, 1.807) is 48.9 Å². The van der Waals surface area contributed by atoms with Crippen molar-refractivity contribution in [2.45, 2.75) is 24.8 Å². The third-order valence-electron chi connectivity index (χ3n) is 5.66. The Labute approximate surface area is 173 Å². The molecule has 0 aliphatic carbocycles. The van der Waals surface area contributed by atoms with Crippen molar-refractivity contribution >= 4 is 5.91 Å². The summed E-state index contributed by atoms with van der Waals surface area (Å²) < 4.78 is 21.3. The number of amides is 1. The lowest BCUT2D eigenvalue weighted by Gasteiger charge is -2.32. The number of carbonyl (C=O) groups is 1. The summed E-state index contributed by atoms with van der Waals surface area (Å²) in [6, 6.07) is 13.7. The number of aryl methyl sites for hydroxylation is 1. The summed E-state index contributed by atoms with van der Waals surface area (Å²) in [5.74, 6) is -0.0218. The van der Waals surface area contributed by atoms with Crippen LogP contribution in [0.5, 0.6) is 5.75 Å². The van der Waals surface area contributed by atoms with Gasteiger partial charge in [-0.15, -0.1) is 0 Å². The summed E-state index contributed by atoms with van der Waals surface area (Å²) in [7, 11) is 1.52. The maximum absolute atomic E-state index is 13.9. The predicted octanol–water partition coefficient (Wildman–Crippen LogP) is 2.95.